The van der Waals surface area contributed by atoms with Crippen LogP contribution in [0.25, 0.3) is 0 Å². The van der Waals surface area contributed by atoms with E-state index in [0.717, 1.165) is 5.56 Å². The van der Waals surface area contributed by atoms with Gasteiger partial charge >= 0.3 is 0 Å². The fourth-order valence-electron chi connectivity index (χ4n) is 1.19. The lowest BCUT2D eigenvalue weighted by molar-refractivity contribution is 0.00253. The van der Waals surface area contributed by atoms with Crippen molar-refractivity contribution in [3.8, 4) is 5.75 Å². The molecule has 4 N–H and O–H groups in total. The predicted octanol–water partition coefficient (Wildman–Crippen LogP) is 0.988. The van der Waals surface area contributed by atoms with Gasteiger partial charge in [0.15, 0.2) is 0 Å². The molecule has 0 fully saturated rings. The molecule has 1 aromatic carbocycles. The Bertz CT molecular complexity index is 355. The number of phenols is 1. The summed E-state index contributed by atoms with van der Waals surface area (Å²) in [5.41, 5.74) is -0.118. The van der Waals surface area contributed by atoms with Gasteiger partial charge in [0.2, 0.25) is 0 Å². The molecule has 1 atom stereocenters. The number of hydrogen-bond donors (Lipinski definition) is 4. The van der Waals surface area contributed by atoms with E-state index in [4.69, 9.17) is 5.11 Å². The van der Waals surface area contributed by atoms with E-state index in [1.807, 2.05) is 0 Å². The molecule has 0 spiro atoms. The Morgan fingerprint density at radius 1 is 1.44 bits per heavy atom. The van der Waals surface area contributed by atoms with E-state index in [-0.39, 0.29) is 12.4 Å². The molecule has 0 aliphatic rings. The Labute approximate surface area is 103 Å². The summed E-state index contributed by atoms with van der Waals surface area (Å²) in [4.78, 5) is 0. The maximum atomic E-state index is 9.54. The third-order valence-corrected chi connectivity index (χ3v) is 2.82. The largest absolute Gasteiger partial charge is 0.507 e. The Morgan fingerprint density at radius 2 is 2.12 bits per heavy atom. The first kappa shape index (κ1) is 13.4. The summed E-state index contributed by atoms with van der Waals surface area (Å²) in [7, 11) is 0. The standard InChI is InChI=1S/C11H16BrNO3/c1-11(16,7-14)6-13-5-8-2-3-10(15)9(12)4-8/h2-4,13-16H,5-7H2,1H3. The highest BCUT2D eigenvalue weighted by molar-refractivity contribution is 9.10. The van der Waals surface area contributed by atoms with Crippen molar-refractivity contribution in [3.05, 3.63) is 28.2 Å². The molecule has 0 bridgehead atoms. The van der Waals surface area contributed by atoms with Crippen molar-refractivity contribution < 1.29 is 15.3 Å². The van der Waals surface area contributed by atoms with Crippen LogP contribution in [0, 0.1) is 0 Å². The molecule has 0 aliphatic heterocycles. The summed E-state index contributed by atoms with van der Waals surface area (Å²) in [5.74, 6) is 0.200. The number of rotatable bonds is 5. The zero-order valence-electron chi connectivity index (χ0n) is 9.07. The van der Waals surface area contributed by atoms with Gasteiger partial charge in [-0.25, -0.2) is 0 Å². The van der Waals surface area contributed by atoms with Gasteiger partial charge in [-0.2, -0.15) is 0 Å². The van der Waals surface area contributed by atoms with Crippen LogP contribution in [0.1, 0.15) is 12.5 Å². The lowest BCUT2D eigenvalue weighted by Gasteiger charge is -2.20. The van der Waals surface area contributed by atoms with Crippen molar-refractivity contribution in [2.24, 2.45) is 0 Å². The maximum Gasteiger partial charge on any atom is 0.129 e. The highest BCUT2D eigenvalue weighted by Gasteiger charge is 2.17. The number of phenolic OH excluding ortho intramolecular Hbond substituents is 1. The van der Waals surface area contributed by atoms with Crippen LogP contribution in [0.5, 0.6) is 5.75 Å². The predicted molar refractivity (Wildman–Crippen MR) is 65.2 cm³/mol. The van der Waals surface area contributed by atoms with E-state index < -0.39 is 5.60 Å². The minimum absolute atomic E-state index is 0.200. The van der Waals surface area contributed by atoms with E-state index >= 15 is 0 Å². The lowest BCUT2D eigenvalue weighted by atomic mass is 10.1. The van der Waals surface area contributed by atoms with Crippen LogP contribution in [0.3, 0.4) is 0 Å². The van der Waals surface area contributed by atoms with Gasteiger partial charge in [0.25, 0.3) is 0 Å². The summed E-state index contributed by atoms with van der Waals surface area (Å²) in [6, 6.07) is 5.20. The number of hydrogen-bond acceptors (Lipinski definition) is 4. The molecule has 0 aliphatic carbocycles. The molecule has 5 heteroatoms. The van der Waals surface area contributed by atoms with Gasteiger partial charge in [-0.15, -0.1) is 0 Å². The molecule has 0 radical (unpaired) electrons. The quantitative estimate of drug-likeness (QED) is 0.652. The number of aliphatic hydroxyl groups is 2. The molecule has 1 rings (SSSR count). The minimum atomic E-state index is -1.10. The Morgan fingerprint density at radius 3 is 2.69 bits per heavy atom. The van der Waals surface area contributed by atoms with Gasteiger partial charge in [0.1, 0.15) is 5.75 Å². The Hall–Kier alpha value is -0.620. The van der Waals surface area contributed by atoms with Gasteiger partial charge < -0.3 is 20.6 Å². The van der Waals surface area contributed by atoms with Crippen molar-refractivity contribution in [3.63, 3.8) is 0 Å². The first-order chi connectivity index (χ1) is 7.44. The maximum absolute atomic E-state index is 9.54. The summed E-state index contributed by atoms with van der Waals surface area (Å²) < 4.78 is 0.640. The van der Waals surface area contributed by atoms with E-state index in [2.05, 4.69) is 21.2 Å². The van der Waals surface area contributed by atoms with Crippen LogP contribution in [-0.2, 0) is 6.54 Å². The minimum Gasteiger partial charge on any atom is -0.507 e. The van der Waals surface area contributed by atoms with Gasteiger partial charge in [-0.1, -0.05) is 6.07 Å². The average Bonchev–Trinajstić information content (AvgIpc) is 2.23. The number of halogens is 1. The molecule has 16 heavy (non-hydrogen) atoms. The van der Waals surface area contributed by atoms with Gasteiger partial charge in [0.05, 0.1) is 16.7 Å². The SMILES string of the molecule is CC(O)(CO)CNCc1ccc(O)c(Br)c1. The fourth-order valence-corrected chi connectivity index (χ4v) is 1.62. The summed E-state index contributed by atoms with van der Waals surface area (Å²) >= 11 is 3.22. The first-order valence-electron chi connectivity index (χ1n) is 4.96. The number of nitrogens with one attached hydrogen (secondary N) is 1. The zero-order chi connectivity index (χ0) is 12.2. The lowest BCUT2D eigenvalue weighted by Crippen LogP contribution is -2.40. The fraction of sp³-hybridized carbons (Fsp3) is 0.455. The molecule has 1 unspecified atom stereocenters. The Kier molecular flexibility index (Phi) is 4.73. The molecule has 90 valence electrons. The summed E-state index contributed by atoms with van der Waals surface area (Å²) in [5, 5.41) is 30.7. The Balaban J connectivity index is 2.46. The van der Waals surface area contributed by atoms with Crippen molar-refractivity contribution in [2.45, 2.75) is 19.1 Å². The third kappa shape index (κ3) is 4.09. The smallest absolute Gasteiger partial charge is 0.129 e. The second kappa shape index (κ2) is 5.63. The molecular formula is C11H16BrNO3. The van der Waals surface area contributed by atoms with Crippen LogP contribution in [0.15, 0.2) is 22.7 Å². The second-order valence-corrected chi connectivity index (χ2v) is 4.90. The molecule has 0 saturated carbocycles. The highest BCUT2D eigenvalue weighted by Crippen LogP contribution is 2.24. The molecule has 4 nitrogen and oxygen atoms in total. The molecule has 0 saturated heterocycles. The van der Waals surface area contributed by atoms with Crippen molar-refractivity contribution in [2.75, 3.05) is 13.2 Å². The van der Waals surface area contributed by atoms with Gasteiger partial charge in [-0.3, -0.25) is 0 Å². The molecule has 0 heterocycles. The van der Waals surface area contributed by atoms with Crippen LogP contribution in [-0.4, -0.2) is 34.1 Å². The van der Waals surface area contributed by atoms with Crippen molar-refractivity contribution in [1.82, 2.24) is 5.32 Å². The van der Waals surface area contributed by atoms with Crippen LogP contribution >= 0.6 is 15.9 Å². The highest BCUT2D eigenvalue weighted by atomic mass is 79.9. The van der Waals surface area contributed by atoms with Gasteiger partial charge in [0, 0.05) is 13.1 Å². The van der Waals surface area contributed by atoms with E-state index in [1.54, 1.807) is 25.1 Å². The van der Waals surface area contributed by atoms with Crippen molar-refractivity contribution >= 4 is 15.9 Å². The first-order valence-corrected chi connectivity index (χ1v) is 5.75. The van der Waals surface area contributed by atoms with E-state index in [9.17, 15) is 10.2 Å². The van der Waals surface area contributed by atoms with Crippen molar-refractivity contribution in [1.29, 1.82) is 0 Å². The third-order valence-electron chi connectivity index (χ3n) is 2.19. The molecular weight excluding hydrogens is 274 g/mol. The number of benzene rings is 1. The normalized spacial score (nSPS) is 14.8. The number of aliphatic hydroxyl groups excluding tert-OH is 1. The van der Waals surface area contributed by atoms with Crippen LogP contribution < -0.4 is 5.32 Å². The number of aromatic hydroxyl groups is 1. The zero-order valence-corrected chi connectivity index (χ0v) is 10.7. The van der Waals surface area contributed by atoms with E-state index in [0.29, 0.717) is 17.6 Å². The molecule has 0 amide bonds. The monoisotopic (exact) mass is 289 g/mol. The van der Waals surface area contributed by atoms with Crippen LogP contribution in [0.4, 0.5) is 0 Å². The van der Waals surface area contributed by atoms with Gasteiger partial charge in [-0.05, 0) is 40.5 Å². The topological polar surface area (TPSA) is 72.7 Å². The second-order valence-electron chi connectivity index (χ2n) is 4.04. The van der Waals surface area contributed by atoms with Crippen LogP contribution in [0.2, 0.25) is 0 Å². The molecule has 1 aromatic rings. The summed E-state index contributed by atoms with van der Waals surface area (Å²) in [6.45, 7) is 2.16. The van der Waals surface area contributed by atoms with E-state index in [1.165, 1.54) is 0 Å². The summed E-state index contributed by atoms with van der Waals surface area (Å²) in [6.07, 6.45) is 0. The molecule has 0 aromatic heterocycles. The average molecular weight is 290 g/mol.